The number of carbonyl (C=O) groups excluding carboxylic acids is 1. The molecule has 24 heavy (non-hydrogen) atoms. The molecule has 0 aromatic heterocycles. The van der Waals surface area contributed by atoms with Crippen molar-refractivity contribution in [1.29, 1.82) is 0 Å². The summed E-state index contributed by atoms with van der Waals surface area (Å²) in [6.45, 7) is 0. The number of hydrogen-bond donors (Lipinski definition) is 2. The quantitative estimate of drug-likeness (QED) is 0.682. The van der Waals surface area contributed by atoms with Gasteiger partial charge in [0.15, 0.2) is 5.11 Å². The highest BCUT2D eigenvalue weighted by Gasteiger charge is 2.36. The van der Waals surface area contributed by atoms with E-state index >= 15 is 0 Å². The number of benzene rings is 1. The average Bonchev–Trinajstić information content (AvgIpc) is 2.78. The molecular formula is C14H19N3O4S3. The predicted molar refractivity (Wildman–Crippen MR) is 101 cm³/mol. The minimum absolute atomic E-state index is 0.125. The van der Waals surface area contributed by atoms with Crippen molar-refractivity contribution >= 4 is 56.4 Å². The van der Waals surface area contributed by atoms with Crippen LogP contribution in [0.4, 0.5) is 11.4 Å². The number of thioether (sulfide) groups is 1. The summed E-state index contributed by atoms with van der Waals surface area (Å²) in [6, 6.07) is 4.40. The summed E-state index contributed by atoms with van der Waals surface area (Å²) in [5.41, 5.74) is 0.827. The number of nitrogens with zero attached hydrogens (tertiary/aromatic N) is 1. The van der Waals surface area contributed by atoms with E-state index in [1.54, 1.807) is 30.0 Å². The van der Waals surface area contributed by atoms with E-state index in [1.807, 2.05) is 6.26 Å². The summed E-state index contributed by atoms with van der Waals surface area (Å²) in [4.78, 5) is 14.0. The number of methoxy groups -OCH3 is 1. The highest BCUT2D eigenvalue weighted by Crippen LogP contribution is 2.32. The molecule has 0 bridgehead atoms. The van der Waals surface area contributed by atoms with Crippen molar-refractivity contribution in [2.45, 2.75) is 12.5 Å². The second-order valence-electron chi connectivity index (χ2n) is 5.22. The summed E-state index contributed by atoms with van der Waals surface area (Å²) in [7, 11) is -2.01. The molecule has 0 saturated carbocycles. The number of hydrogen-bond acceptors (Lipinski definition) is 6. The molecule has 0 aliphatic carbocycles. The monoisotopic (exact) mass is 389 g/mol. The lowest BCUT2D eigenvalue weighted by molar-refractivity contribution is -0.118. The molecule has 1 aromatic carbocycles. The Morgan fingerprint density at radius 1 is 1.46 bits per heavy atom. The first kappa shape index (κ1) is 18.8. The van der Waals surface area contributed by atoms with Crippen molar-refractivity contribution in [3.05, 3.63) is 18.2 Å². The number of carbonyl (C=O) groups is 1. The van der Waals surface area contributed by atoms with E-state index in [4.69, 9.17) is 17.0 Å². The van der Waals surface area contributed by atoms with Gasteiger partial charge in [-0.1, -0.05) is 0 Å². The number of anilines is 2. The van der Waals surface area contributed by atoms with E-state index in [-0.39, 0.29) is 11.9 Å². The van der Waals surface area contributed by atoms with Crippen LogP contribution in [0.15, 0.2) is 18.2 Å². The van der Waals surface area contributed by atoms with Crippen LogP contribution < -0.4 is 19.7 Å². The Kier molecular flexibility index (Phi) is 5.94. The van der Waals surface area contributed by atoms with Gasteiger partial charge in [0.05, 0.1) is 24.7 Å². The number of rotatable bonds is 7. The number of thiocarbonyl (C=S) groups is 1. The molecule has 1 aliphatic rings. The number of amides is 1. The molecule has 1 unspecified atom stereocenters. The van der Waals surface area contributed by atoms with E-state index in [1.165, 1.54) is 12.0 Å². The van der Waals surface area contributed by atoms with Gasteiger partial charge in [-0.05, 0) is 42.8 Å². The number of ether oxygens (including phenoxy) is 1. The first-order chi connectivity index (χ1) is 11.3. The first-order valence-electron chi connectivity index (χ1n) is 7.06. The number of nitrogens with one attached hydrogen (secondary N) is 2. The summed E-state index contributed by atoms with van der Waals surface area (Å²) in [5.74, 6) is 1.03. The maximum Gasteiger partial charge on any atom is 0.255 e. The van der Waals surface area contributed by atoms with Gasteiger partial charge in [-0.15, -0.1) is 0 Å². The molecule has 1 fully saturated rings. The normalized spacial score (nSPS) is 17.8. The molecule has 0 radical (unpaired) electrons. The van der Waals surface area contributed by atoms with Gasteiger partial charge in [-0.2, -0.15) is 11.8 Å². The van der Waals surface area contributed by atoms with Gasteiger partial charge in [0, 0.05) is 6.07 Å². The lowest BCUT2D eigenvalue weighted by Gasteiger charge is -2.18. The molecule has 2 rings (SSSR count). The zero-order chi connectivity index (χ0) is 17.9. The largest absolute Gasteiger partial charge is 0.494 e. The Morgan fingerprint density at radius 3 is 2.75 bits per heavy atom. The molecule has 1 atom stereocenters. The zero-order valence-corrected chi connectivity index (χ0v) is 16.0. The van der Waals surface area contributed by atoms with Gasteiger partial charge >= 0.3 is 0 Å². The highest BCUT2D eigenvalue weighted by molar-refractivity contribution is 7.98. The predicted octanol–water partition coefficient (Wildman–Crippen LogP) is 1.41. The van der Waals surface area contributed by atoms with Crippen LogP contribution in [0, 0.1) is 0 Å². The lowest BCUT2D eigenvalue weighted by Crippen LogP contribution is -2.31. The van der Waals surface area contributed by atoms with Gasteiger partial charge in [-0.3, -0.25) is 14.4 Å². The van der Waals surface area contributed by atoms with Gasteiger partial charge in [0.1, 0.15) is 11.8 Å². The van der Waals surface area contributed by atoms with Crippen LogP contribution in [0.2, 0.25) is 0 Å². The standard InChI is InChI=1S/C14H19N3O4S3/c1-21-12-8-9(4-5-10(12)16-24(3,19)20)17-13(18)11(6-7-23-2)15-14(17)22/h4-5,8,11,16H,6-7H2,1-3H3,(H,15,22). The van der Waals surface area contributed by atoms with Crippen LogP contribution >= 0.6 is 24.0 Å². The Hall–Kier alpha value is -1.52. The van der Waals surface area contributed by atoms with Gasteiger partial charge in [-0.25, -0.2) is 8.42 Å². The molecule has 1 aromatic rings. The van der Waals surface area contributed by atoms with Crippen LogP contribution in [-0.4, -0.2) is 50.9 Å². The fourth-order valence-corrected chi connectivity index (χ4v) is 3.69. The average molecular weight is 390 g/mol. The van der Waals surface area contributed by atoms with Crippen molar-refractivity contribution in [2.75, 3.05) is 35.0 Å². The molecule has 10 heteroatoms. The van der Waals surface area contributed by atoms with Crippen LogP contribution in [-0.2, 0) is 14.8 Å². The summed E-state index contributed by atoms with van der Waals surface area (Å²) in [5, 5.41) is 3.35. The van der Waals surface area contributed by atoms with Crippen molar-refractivity contribution in [2.24, 2.45) is 0 Å². The third-order valence-electron chi connectivity index (χ3n) is 3.37. The molecule has 1 aliphatic heterocycles. The second-order valence-corrected chi connectivity index (χ2v) is 8.34. The Labute approximate surface area is 151 Å². The minimum Gasteiger partial charge on any atom is -0.494 e. The van der Waals surface area contributed by atoms with Crippen LogP contribution in [0.1, 0.15) is 6.42 Å². The Balaban J connectivity index is 2.29. The van der Waals surface area contributed by atoms with Crippen LogP contribution in [0.5, 0.6) is 5.75 Å². The van der Waals surface area contributed by atoms with E-state index in [0.717, 1.165) is 12.0 Å². The van der Waals surface area contributed by atoms with E-state index in [0.29, 0.717) is 28.7 Å². The molecule has 1 amide bonds. The Morgan fingerprint density at radius 2 is 2.17 bits per heavy atom. The maximum atomic E-state index is 12.5. The van der Waals surface area contributed by atoms with Crippen molar-refractivity contribution in [1.82, 2.24) is 5.32 Å². The minimum atomic E-state index is -3.43. The topological polar surface area (TPSA) is 87.7 Å². The fourth-order valence-electron chi connectivity index (χ4n) is 2.31. The van der Waals surface area contributed by atoms with Crippen LogP contribution in [0.3, 0.4) is 0 Å². The smallest absolute Gasteiger partial charge is 0.255 e. The van der Waals surface area contributed by atoms with Gasteiger partial charge < -0.3 is 10.1 Å². The van der Waals surface area contributed by atoms with E-state index in [9.17, 15) is 13.2 Å². The Bertz CT molecular complexity index is 752. The molecule has 2 N–H and O–H groups in total. The highest BCUT2D eigenvalue weighted by atomic mass is 32.2. The lowest BCUT2D eigenvalue weighted by atomic mass is 10.2. The molecule has 1 heterocycles. The summed E-state index contributed by atoms with van der Waals surface area (Å²) >= 11 is 6.92. The zero-order valence-electron chi connectivity index (χ0n) is 13.5. The van der Waals surface area contributed by atoms with Gasteiger partial charge in [0.25, 0.3) is 5.91 Å². The molecular weight excluding hydrogens is 370 g/mol. The van der Waals surface area contributed by atoms with Gasteiger partial charge in [0.2, 0.25) is 10.0 Å². The third kappa shape index (κ3) is 4.31. The molecule has 0 spiro atoms. The second kappa shape index (κ2) is 7.58. The maximum absolute atomic E-state index is 12.5. The summed E-state index contributed by atoms with van der Waals surface area (Å²) < 4.78 is 30.4. The van der Waals surface area contributed by atoms with E-state index < -0.39 is 10.0 Å². The van der Waals surface area contributed by atoms with Crippen molar-refractivity contribution in [3.8, 4) is 5.75 Å². The fraction of sp³-hybridized carbons (Fsp3) is 0.429. The van der Waals surface area contributed by atoms with Crippen molar-refractivity contribution in [3.63, 3.8) is 0 Å². The summed E-state index contributed by atoms with van der Waals surface area (Å²) in [6.07, 6.45) is 3.72. The molecule has 132 valence electrons. The first-order valence-corrected chi connectivity index (χ1v) is 10.8. The molecule has 7 nitrogen and oxygen atoms in total. The third-order valence-corrected chi connectivity index (χ3v) is 4.90. The molecule has 1 saturated heterocycles. The van der Waals surface area contributed by atoms with E-state index in [2.05, 4.69) is 10.0 Å². The van der Waals surface area contributed by atoms with Crippen molar-refractivity contribution < 1.29 is 17.9 Å². The van der Waals surface area contributed by atoms with Crippen LogP contribution in [0.25, 0.3) is 0 Å². The number of sulfonamides is 1. The SMILES string of the molecule is COc1cc(N2C(=O)C(CCSC)NC2=S)ccc1NS(C)(=O)=O.